The van der Waals surface area contributed by atoms with Crippen LogP contribution in [0.2, 0.25) is 0 Å². The number of methoxy groups -OCH3 is 1. The van der Waals surface area contributed by atoms with E-state index in [0.29, 0.717) is 22.0 Å². The first-order valence-electron chi connectivity index (χ1n) is 6.87. The van der Waals surface area contributed by atoms with Crippen molar-refractivity contribution in [2.75, 3.05) is 39.2 Å². The summed E-state index contributed by atoms with van der Waals surface area (Å²) in [7, 11) is 5.71. The first-order valence-corrected chi connectivity index (χ1v) is 7.66. The van der Waals surface area contributed by atoms with Gasteiger partial charge in [0.2, 0.25) is 0 Å². The highest BCUT2D eigenvalue weighted by Crippen LogP contribution is 2.39. The number of benzene rings is 1. The van der Waals surface area contributed by atoms with Crippen LogP contribution in [0.25, 0.3) is 0 Å². The topological polar surface area (TPSA) is 58.8 Å². The fourth-order valence-corrected chi connectivity index (χ4v) is 3.20. The summed E-state index contributed by atoms with van der Waals surface area (Å²) < 4.78 is 5.87. The van der Waals surface area contributed by atoms with E-state index in [-0.39, 0.29) is 10.6 Å². The van der Waals surface area contributed by atoms with Gasteiger partial charge in [0.15, 0.2) is 0 Å². The molecular weight excluding hydrogens is 338 g/mol. The molecule has 6 nitrogen and oxygen atoms in total. The largest absolute Gasteiger partial charge is 0.495 e. The molecule has 21 heavy (non-hydrogen) atoms. The Bertz CT molecular complexity index is 528. The number of anilines is 1. The predicted octanol–water partition coefficient (Wildman–Crippen LogP) is 2.90. The third-order valence-electron chi connectivity index (χ3n) is 3.98. The van der Waals surface area contributed by atoms with Crippen molar-refractivity contribution < 1.29 is 9.66 Å². The van der Waals surface area contributed by atoms with Crippen molar-refractivity contribution >= 4 is 27.3 Å². The molecule has 0 atom stereocenters. The maximum atomic E-state index is 11.3. The minimum absolute atomic E-state index is 0.117. The summed E-state index contributed by atoms with van der Waals surface area (Å²) in [6, 6.07) is 3.81. The van der Waals surface area contributed by atoms with Crippen molar-refractivity contribution in [2.24, 2.45) is 0 Å². The highest BCUT2D eigenvalue weighted by atomic mass is 79.9. The van der Waals surface area contributed by atoms with E-state index >= 15 is 0 Å². The third kappa shape index (κ3) is 3.47. The van der Waals surface area contributed by atoms with Gasteiger partial charge in [0.25, 0.3) is 5.69 Å². The van der Waals surface area contributed by atoms with E-state index in [1.807, 2.05) is 0 Å². The van der Waals surface area contributed by atoms with Gasteiger partial charge >= 0.3 is 0 Å². The molecule has 1 aromatic rings. The van der Waals surface area contributed by atoms with Crippen LogP contribution >= 0.6 is 15.9 Å². The number of nitrogens with zero attached hydrogens (tertiary/aromatic N) is 3. The second-order valence-corrected chi connectivity index (χ2v) is 6.27. The molecule has 1 aromatic carbocycles. The molecule has 0 unspecified atom stereocenters. The molecular formula is C14H20BrN3O3. The van der Waals surface area contributed by atoms with E-state index in [9.17, 15) is 10.1 Å². The number of nitro groups is 1. The van der Waals surface area contributed by atoms with Gasteiger partial charge < -0.3 is 14.5 Å². The third-order valence-corrected chi connectivity index (χ3v) is 4.60. The van der Waals surface area contributed by atoms with Crippen LogP contribution in [0.5, 0.6) is 5.75 Å². The Morgan fingerprint density at radius 3 is 2.48 bits per heavy atom. The second-order valence-electron chi connectivity index (χ2n) is 5.41. The summed E-state index contributed by atoms with van der Waals surface area (Å²) in [5, 5.41) is 11.3. The molecule has 2 rings (SSSR count). The zero-order chi connectivity index (χ0) is 15.6. The van der Waals surface area contributed by atoms with Crippen LogP contribution in [0.15, 0.2) is 16.6 Å². The SMILES string of the molecule is COc1cc(N2CCC(N(C)C)CC2)c([N+](=O)[O-])cc1Br. The Kier molecular flexibility index (Phi) is 5.05. The van der Waals surface area contributed by atoms with E-state index < -0.39 is 0 Å². The molecule has 0 amide bonds. The molecule has 1 fully saturated rings. The van der Waals surface area contributed by atoms with Crippen molar-refractivity contribution in [3.63, 3.8) is 0 Å². The van der Waals surface area contributed by atoms with E-state index in [1.165, 1.54) is 6.07 Å². The fraction of sp³-hybridized carbons (Fsp3) is 0.571. The molecule has 1 heterocycles. The van der Waals surface area contributed by atoms with Crippen LogP contribution in [0.1, 0.15) is 12.8 Å². The molecule has 1 aliphatic rings. The van der Waals surface area contributed by atoms with Crippen LogP contribution < -0.4 is 9.64 Å². The Labute approximate surface area is 132 Å². The zero-order valence-corrected chi connectivity index (χ0v) is 14.1. The molecule has 0 radical (unpaired) electrons. The van der Waals surface area contributed by atoms with Crippen molar-refractivity contribution in [3.05, 3.63) is 26.7 Å². The molecule has 0 spiro atoms. The number of piperidine rings is 1. The van der Waals surface area contributed by atoms with E-state index in [4.69, 9.17) is 4.74 Å². The minimum Gasteiger partial charge on any atom is -0.495 e. The van der Waals surface area contributed by atoms with Crippen LogP contribution in [0.4, 0.5) is 11.4 Å². The lowest BCUT2D eigenvalue weighted by Crippen LogP contribution is -2.42. The standard InChI is InChI=1S/C14H20BrN3O3/c1-16(2)10-4-6-17(7-5-10)12-9-14(21-3)11(15)8-13(12)18(19)20/h8-10H,4-7H2,1-3H3. The van der Waals surface area contributed by atoms with E-state index in [0.717, 1.165) is 25.9 Å². The Morgan fingerprint density at radius 2 is 2.00 bits per heavy atom. The lowest BCUT2D eigenvalue weighted by molar-refractivity contribution is -0.384. The van der Waals surface area contributed by atoms with Crippen LogP contribution in [-0.4, -0.2) is 50.2 Å². The predicted molar refractivity (Wildman–Crippen MR) is 86.3 cm³/mol. The minimum atomic E-state index is -0.336. The Hall–Kier alpha value is -1.34. The summed E-state index contributed by atoms with van der Waals surface area (Å²) >= 11 is 3.31. The quantitative estimate of drug-likeness (QED) is 0.612. The molecule has 1 aliphatic heterocycles. The number of halogens is 1. The maximum absolute atomic E-state index is 11.3. The van der Waals surface area contributed by atoms with Gasteiger partial charge in [0.05, 0.1) is 16.5 Å². The Morgan fingerprint density at radius 1 is 1.38 bits per heavy atom. The molecule has 0 bridgehead atoms. The fourth-order valence-electron chi connectivity index (χ4n) is 2.71. The van der Waals surface area contributed by atoms with Gasteiger partial charge in [-0.3, -0.25) is 10.1 Å². The Balaban J connectivity index is 2.28. The molecule has 7 heteroatoms. The summed E-state index contributed by atoms with van der Waals surface area (Å²) in [5.74, 6) is 0.616. The highest BCUT2D eigenvalue weighted by molar-refractivity contribution is 9.10. The number of nitro benzene ring substituents is 1. The zero-order valence-electron chi connectivity index (χ0n) is 12.5. The summed E-state index contributed by atoms with van der Waals surface area (Å²) in [5.41, 5.74) is 0.753. The van der Waals surface area contributed by atoms with Gasteiger partial charge in [-0.05, 0) is 42.9 Å². The first kappa shape index (κ1) is 16.0. The normalized spacial score (nSPS) is 16.3. The molecule has 0 aromatic heterocycles. The maximum Gasteiger partial charge on any atom is 0.293 e. The lowest BCUT2D eigenvalue weighted by Gasteiger charge is -2.36. The number of hydrogen-bond acceptors (Lipinski definition) is 5. The second kappa shape index (κ2) is 6.62. The monoisotopic (exact) mass is 357 g/mol. The van der Waals surface area contributed by atoms with Crippen molar-refractivity contribution in [3.8, 4) is 5.75 Å². The lowest BCUT2D eigenvalue weighted by atomic mass is 10.0. The van der Waals surface area contributed by atoms with Crippen LogP contribution in [-0.2, 0) is 0 Å². The molecule has 0 saturated carbocycles. The van der Waals surface area contributed by atoms with E-state index in [2.05, 4.69) is 39.8 Å². The molecule has 116 valence electrons. The van der Waals surface area contributed by atoms with Crippen molar-refractivity contribution in [1.82, 2.24) is 4.90 Å². The van der Waals surface area contributed by atoms with Gasteiger partial charge in [-0.15, -0.1) is 0 Å². The number of rotatable bonds is 4. The van der Waals surface area contributed by atoms with Gasteiger partial charge in [-0.1, -0.05) is 0 Å². The van der Waals surface area contributed by atoms with Gasteiger partial charge in [0.1, 0.15) is 11.4 Å². The molecule has 1 saturated heterocycles. The number of hydrogen-bond donors (Lipinski definition) is 0. The summed E-state index contributed by atoms with van der Waals surface area (Å²) in [6.45, 7) is 1.63. The highest BCUT2D eigenvalue weighted by Gasteiger charge is 2.27. The van der Waals surface area contributed by atoms with Gasteiger partial charge in [-0.2, -0.15) is 0 Å². The van der Waals surface area contributed by atoms with Crippen molar-refractivity contribution in [1.29, 1.82) is 0 Å². The first-order chi connectivity index (χ1) is 9.93. The summed E-state index contributed by atoms with van der Waals surface area (Å²) in [4.78, 5) is 15.3. The van der Waals surface area contributed by atoms with Crippen LogP contribution in [0.3, 0.4) is 0 Å². The summed E-state index contributed by atoms with van der Waals surface area (Å²) in [6.07, 6.45) is 2.01. The average Bonchev–Trinajstić information content (AvgIpc) is 2.47. The smallest absolute Gasteiger partial charge is 0.293 e. The van der Waals surface area contributed by atoms with Crippen molar-refractivity contribution in [2.45, 2.75) is 18.9 Å². The molecule has 0 aliphatic carbocycles. The molecule has 0 N–H and O–H groups in total. The number of ether oxygens (including phenoxy) is 1. The van der Waals surface area contributed by atoms with E-state index in [1.54, 1.807) is 13.2 Å². The van der Waals surface area contributed by atoms with Gasteiger partial charge in [-0.25, -0.2) is 0 Å². The van der Waals surface area contributed by atoms with Crippen LogP contribution in [0, 0.1) is 10.1 Å². The van der Waals surface area contributed by atoms with Gasteiger partial charge in [0, 0.05) is 31.3 Å². The average molecular weight is 358 g/mol.